The molecule has 0 aliphatic carbocycles. The van der Waals surface area contributed by atoms with E-state index in [-0.39, 0.29) is 11.5 Å². The Balaban J connectivity index is 1.57. The van der Waals surface area contributed by atoms with E-state index in [9.17, 15) is 9.59 Å². The van der Waals surface area contributed by atoms with Crippen LogP contribution >= 0.6 is 0 Å². The van der Waals surface area contributed by atoms with Gasteiger partial charge in [0.15, 0.2) is 0 Å². The average Bonchev–Trinajstić information content (AvgIpc) is 2.68. The van der Waals surface area contributed by atoms with Crippen LogP contribution in [0.25, 0.3) is 10.8 Å². The lowest BCUT2D eigenvalue weighted by molar-refractivity contribution is 0.0948. The molecule has 2 N–H and O–H groups in total. The van der Waals surface area contributed by atoms with Gasteiger partial charge in [-0.3, -0.25) is 9.59 Å². The van der Waals surface area contributed by atoms with Gasteiger partial charge >= 0.3 is 0 Å². The lowest BCUT2D eigenvalue weighted by Gasteiger charge is -2.23. The van der Waals surface area contributed by atoms with Gasteiger partial charge in [0.05, 0.1) is 0 Å². The fourth-order valence-electron chi connectivity index (χ4n) is 3.01. The summed E-state index contributed by atoms with van der Waals surface area (Å²) in [6.07, 6.45) is 0.826. The van der Waals surface area contributed by atoms with E-state index in [1.54, 1.807) is 12.1 Å². The number of H-pyrrole nitrogens is 1. The lowest BCUT2D eigenvalue weighted by atomic mass is 10.1. The molecule has 0 aliphatic heterocycles. The molecule has 0 saturated carbocycles. The van der Waals surface area contributed by atoms with Gasteiger partial charge in [-0.15, -0.1) is 0 Å². The molecule has 3 rings (SSSR count). The Labute approximate surface area is 152 Å². The number of rotatable bonds is 7. The van der Waals surface area contributed by atoms with Crippen LogP contribution in [0.5, 0.6) is 0 Å². The molecule has 0 radical (unpaired) electrons. The molecular formula is C21H23N3O2. The van der Waals surface area contributed by atoms with Gasteiger partial charge in [-0.2, -0.15) is 0 Å². The van der Waals surface area contributed by atoms with Crippen molar-refractivity contribution < 1.29 is 4.79 Å². The monoisotopic (exact) mass is 349 g/mol. The number of nitrogens with zero attached hydrogens (tertiary/aromatic N) is 1. The van der Waals surface area contributed by atoms with Gasteiger partial charge in [-0.25, -0.2) is 0 Å². The summed E-state index contributed by atoms with van der Waals surface area (Å²) in [5.41, 5.74) is 1.23. The van der Waals surface area contributed by atoms with Crippen molar-refractivity contribution in [3.05, 3.63) is 76.7 Å². The number of hydrogen-bond donors (Lipinski definition) is 2. The standard InChI is InChI=1S/C21H23N3O2/c1-2-24(17-10-4-3-5-11-17)14-8-13-22-21(26)19-15-16-9-6-7-12-18(16)20(25)23-19/h3-7,9-12,15H,2,8,13-14H2,1H3,(H,22,26)(H,23,25). The molecule has 0 fully saturated rings. The van der Waals surface area contributed by atoms with Crippen LogP contribution in [0, 0.1) is 0 Å². The Morgan fingerprint density at radius 1 is 1.08 bits per heavy atom. The zero-order valence-electron chi connectivity index (χ0n) is 14.9. The number of amides is 1. The number of anilines is 1. The third-order valence-electron chi connectivity index (χ3n) is 4.39. The molecule has 0 aliphatic rings. The van der Waals surface area contributed by atoms with Gasteiger partial charge in [0.1, 0.15) is 5.69 Å². The fourth-order valence-corrected chi connectivity index (χ4v) is 3.01. The number of benzene rings is 2. The number of fused-ring (bicyclic) bond motifs is 1. The number of nitrogens with one attached hydrogen (secondary N) is 2. The molecule has 0 atom stereocenters. The minimum Gasteiger partial charge on any atom is -0.372 e. The molecular weight excluding hydrogens is 326 g/mol. The Kier molecular flexibility index (Phi) is 5.69. The van der Waals surface area contributed by atoms with Gasteiger partial charge in [0, 0.05) is 30.7 Å². The van der Waals surface area contributed by atoms with Crippen LogP contribution in [0.4, 0.5) is 5.69 Å². The van der Waals surface area contributed by atoms with Crippen molar-refractivity contribution in [3.63, 3.8) is 0 Å². The van der Waals surface area contributed by atoms with E-state index in [4.69, 9.17) is 0 Å². The second-order valence-corrected chi connectivity index (χ2v) is 6.12. The molecule has 5 heteroatoms. The van der Waals surface area contributed by atoms with Crippen molar-refractivity contribution in [2.24, 2.45) is 0 Å². The maximum Gasteiger partial charge on any atom is 0.267 e. The van der Waals surface area contributed by atoms with Crippen molar-refractivity contribution in [3.8, 4) is 0 Å². The van der Waals surface area contributed by atoms with Crippen LogP contribution in [-0.4, -0.2) is 30.5 Å². The van der Waals surface area contributed by atoms with Crippen molar-refractivity contribution >= 4 is 22.4 Å². The predicted octanol–water partition coefficient (Wildman–Crippen LogP) is 3.17. The molecule has 0 saturated heterocycles. The Morgan fingerprint density at radius 2 is 1.81 bits per heavy atom. The minimum absolute atomic E-state index is 0.241. The summed E-state index contributed by atoms with van der Waals surface area (Å²) >= 11 is 0. The van der Waals surface area contributed by atoms with Gasteiger partial charge < -0.3 is 15.2 Å². The van der Waals surface area contributed by atoms with E-state index >= 15 is 0 Å². The number of hydrogen-bond acceptors (Lipinski definition) is 3. The minimum atomic E-state index is -0.254. The highest BCUT2D eigenvalue weighted by Crippen LogP contribution is 2.13. The molecule has 134 valence electrons. The number of aromatic amines is 1. The number of aromatic nitrogens is 1. The number of para-hydroxylation sites is 1. The maximum absolute atomic E-state index is 12.3. The van der Waals surface area contributed by atoms with E-state index in [1.807, 2.05) is 36.4 Å². The molecule has 1 amide bonds. The largest absolute Gasteiger partial charge is 0.372 e. The Hall–Kier alpha value is -3.08. The van der Waals surface area contributed by atoms with Crippen molar-refractivity contribution in [2.75, 3.05) is 24.5 Å². The van der Waals surface area contributed by atoms with Gasteiger partial charge in [-0.1, -0.05) is 36.4 Å². The van der Waals surface area contributed by atoms with Crippen LogP contribution in [0.15, 0.2) is 65.5 Å². The molecule has 0 unspecified atom stereocenters. The first-order chi connectivity index (χ1) is 12.7. The molecule has 1 heterocycles. The van der Waals surface area contributed by atoms with Gasteiger partial charge in [-0.05, 0) is 43.0 Å². The zero-order chi connectivity index (χ0) is 18.4. The van der Waals surface area contributed by atoms with E-state index in [0.29, 0.717) is 17.6 Å². The van der Waals surface area contributed by atoms with Crippen LogP contribution < -0.4 is 15.8 Å². The predicted molar refractivity (Wildman–Crippen MR) is 106 cm³/mol. The van der Waals surface area contributed by atoms with Gasteiger partial charge in [0.25, 0.3) is 11.5 Å². The van der Waals surface area contributed by atoms with Gasteiger partial charge in [0.2, 0.25) is 0 Å². The van der Waals surface area contributed by atoms with Crippen molar-refractivity contribution in [2.45, 2.75) is 13.3 Å². The lowest BCUT2D eigenvalue weighted by Crippen LogP contribution is -2.31. The molecule has 1 aromatic heterocycles. The number of carbonyl (C=O) groups excluding carboxylic acids is 1. The zero-order valence-corrected chi connectivity index (χ0v) is 14.9. The second kappa shape index (κ2) is 8.34. The summed E-state index contributed by atoms with van der Waals surface area (Å²) in [5, 5.41) is 4.24. The molecule has 5 nitrogen and oxygen atoms in total. The van der Waals surface area contributed by atoms with Crippen LogP contribution in [0.3, 0.4) is 0 Å². The van der Waals surface area contributed by atoms with Crippen LogP contribution in [0.1, 0.15) is 23.8 Å². The van der Waals surface area contributed by atoms with E-state index in [2.05, 4.69) is 34.3 Å². The van der Waals surface area contributed by atoms with E-state index < -0.39 is 0 Å². The summed E-state index contributed by atoms with van der Waals surface area (Å²) in [7, 11) is 0. The van der Waals surface area contributed by atoms with Crippen LogP contribution in [0.2, 0.25) is 0 Å². The quantitative estimate of drug-likeness (QED) is 0.644. The summed E-state index contributed by atoms with van der Waals surface area (Å²) < 4.78 is 0. The summed E-state index contributed by atoms with van der Waals surface area (Å²) in [4.78, 5) is 29.3. The molecule has 26 heavy (non-hydrogen) atoms. The highest BCUT2D eigenvalue weighted by atomic mass is 16.2. The first-order valence-electron chi connectivity index (χ1n) is 8.89. The highest BCUT2D eigenvalue weighted by molar-refractivity contribution is 5.96. The summed E-state index contributed by atoms with van der Waals surface area (Å²) in [6.45, 7) is 4.44. The first-order valence-corrected chi connectivity index (χ1v) is 8.89. The molecule has 0 bridgehead atoms. The van der Waals surface area contributed by atoms with E-state index in [1.165, 1.54) is 5.69 Å². The van der Waals surface area contributed by atoms with Crippen molar-refractivity contribution in [1.29, 1.82) is 0 Å². The highest BCUT2D eigenvalue weighted by Gasteiger charge is 2.09. The average molecular weight is 349 g/mol. The van der Waals surface area contributed by atoms with Crippen LogP contribution in [-0.2, 0) is 0 Å². The number of pyridine rings is 1. The number of carbonyl (C=O) groups is 1. The third kappa shape index (κ3) is 4.11. The second-order valence-electron chi connectivity index (χ2n) is 6.12. The summed E-state index contributed by atoms with van der Waals surface area (Å²) in [5.74, 6) is -0.254. The maximum atomic E-state index is 12.3. The SMILES string of the molecule is CCN(CCCNC(=O)c1cc2ccccc2c(=O)[nH]1)c1ccccc1. The fraction of sp³-hybridized carbons (Fsp3) is 0.238. The molecule has 3 aromatic rings. The molecule has 0 spiro atoms. The first kappa shape index (κ1) is 17.7. The smallest absolute Gasteiger partial charge is 0.267 e. The summed E-state index contributed by atoms with van der Waals surface area (Å²) in [6, 6.07) is 19.2. The van der Waals surface area contributed by atoms with Crippen molar-refractivity contribution in [1.82, 2.24) is 10.3 Å². The van der Waals surface area contributed by atoms with E-state index in [0.717, 1.165) is 24.9 Å². The Bertz CT molecular complexity index is 935. The normalized spacial score (nSPS) is 10.7. The Morgan fingerprint density at radius 3 is 2.58 bits per heavy atom. The topological polar surface area (TPSA) is 65.2 Å². The third-order valence-corrected chi connectivity index (χ3v) is 4.39. The molecule has 2 aromatic carbocycles.